The van der Waals surface area contributed by atoms with Crippen molar-refractivity contribution >= 4 is 12.1 Å². The Morgan fingerprint density at radius 2 is 1.89 bits per heavy atom. The predicted octanol–water partition coefficient (Wildman–Crippen LogP) is 1.27. The van der Waals surface area contributed by atoms with Crippen LogP contribution in [0.2, 0.25) is 0 Å². The minimum Gasteiger partial charge on any atom is -0.467 e. The largest absolute Gasteiger partial charge is 0.467 e. The van der Waals surface area contributed by atoms with Crippen molar-refractivity contribution in [2.24, 2.45) is 0 Å². The molecule has 1 amide bonds. The van der Waals surface area contributed by atoms with Gasteiger partial charge in [0.1, 0.15) is 17.9 Å². The van der Waals surface area contributed by atoms with E-state index in [0.29, 0.717) is 19.3 Å². The molecule has 18 heavy (non-hydrogen) atoms. The molecule has 0 aromatic carbocycles. The van der Waals surface area contributed by atoms with Crippen LogP contribution in [0, 0.1) is 0 Å². The van der Waals surface area contributed by atoms with E-state index in [9.17, 15) is 14.7 Å². The Bertz CT molecular complexity index is 323. The highest BCUT2D eigenvalue weighted by Crippen LogP contribution is 2.24. The molecule has 0 radical (unpaired) electrons. The number of hydrogen-bond acceptors (Lipinski definition) is 5. The number of aliphatic hydroxyl groups is 1. The molecule has 0 aromatic heterocycles. The lowest BCUT2D eigenvalue weighted by atomic mass is 10.0. The lowest BCUT2D eigenvalue weighted by Crippen LogP contribution is -2.54. The quantitative estimate of drug-likeness (QED) is 0.718. The average Bonchev–Trinajstić information content (AvgIpc) is 2.25. The number of methoxy groups -OCH3 is 1. The summed E-state index contributed by atoms with van der Waals surface area (Å²) in [6.45, 7) is 5.19. The second-order valence-electron chi connectivity index (χ2n) is 5.34. The molecule has 1 N–H and O–H groups in total. The van der Waals surface area contributed by atoms with Gasteiger partial charge in [-0.05, 0) is 40.0 Å². The summed E-state index contributed by atoms with van der Waals surface area (Å²) in [4.78, 5) is 24.7. The van der Waals surface area contributed by atoms with Gasteiger partial charge in [0.25, 0.3) is 0 Å². The molecule has 1 fully saturated rings. The topological polar surface area (TPSA) is 76.1 Å². The molecule has 6 heteroatoms. The van der Waals surface area contributed by atoms with E-state index in [4.69, 9.17) is 4.74 Å². The third-order valence-corrected chi connectivity index (χ3v) is 2.67. The maximum atomic E-state index is 12.0. The van der Waals surface area contributed by atoms with Gasteiger partial charge < -0.3 is 14.6 Å². The average molecular weight is 259 g/mol. The summed E-state index contributed by atoms with van der Waals surface area (Å²) in [6, 6.07) is -0.770. The number of nitrogens with zero attached hydrogens (tertiary/aromatic N) is 1. The summed E-state index contributed by atoms with van der Waals surface area (Å²) >= 11 is 0. The number of piperidine rings is 1. The van der Waals surface area contributed by atoms with Crippen molar-refractivity contribution in [1.82, 2.24) is 4.90 Å². The van der Waals surface area contributed by atoms with Gasteiger partial charge in [0.2, 0.25) is 0 Å². The van der Waals surface area contributed by atoms with E-state index in [0.717, 1.165) is 4.90 Å². The lowest BCUT2D eigenvalue weighted by molar-refractivity contribution is -0.155. The fourth-order valence-electron chi connectivity index (χ4n) is 1.91. The number of ether oxygens (including phenoxy) is 2. The van der Waals surface area contributed by atoms with Crippen LogP contribution >= 0.6 is 0 Å². The van der Waals surface area contributed by atoms with E-state index in [1.54, 1.807) is 20.8 Å². The Hall–Kier alpha value is -1.30. The Labute approximate surface area is 107 Å². The van der Waals surface area contributed by atoms with Gasteiger partial charge in [-0.25, -0.2) is 9.59 Å². The SMILES string of the molecule is COC(=O)[C@@H]1CCCC(O)N1C(=O)OC(C)(C)C. The van der Waals surface area contributed by atoms with E-state index in [1.165, 1.54) is 7.11 Å². The highest BCUT2D eigenvalue weighted by atomic mass is 16.6. The van der Waals surface area contributed by atoms with Crippen LogP contribution < -0.4 is 0 Å². The van der Waals surface area contributed by atoms with Crippen molar-refractivity contribution in [3.8, 4) is 0 Å². The number of carbonyl (C=O) groups is 2. The molecule has 104 valence electrons. The lowest BCUT2D eigenvalue weighted by Gasteiger charge is -2.38. The first-order chi connectivity index (χ1) is 8.26. The van der Waals surface area contributed by atoms with E-state index >= 15 is 0 Å². The second-order valence-corrected chi connectivity index (χ2v) is 5.34. The first-order valence-corrected chi connectivity index (χ1v) is 6.03. The van der Waals surface area contributed by atoms with Gasteiger partial charge in [-0.3, -0.25) is 4.90 Å². The molecule has 1 aliphatic rings. The molecule has 0 saturated carbocycles. The third-order valence-electron chi connectivity index (χ3n) is 2.67. The molecule has 0 aromatic rings. The van der Waals surface area contributed by atoms with Crippen LogP contribution in [-0.2, 0) is 14.3 Å². The standard InChI is InChI=1S/C12H21NO5/c1-12(2,3)18-11(16)13-8(10(15)17-4)6-5-7-9(13)14/h8-9,14H,5-7H2,1-4H3/t8-,9?/m0/s1. The van der Waals surface area contributed by atoms with Gasteiger partial charge in [0.15, 0.2) is 0 Å². The molecule has 1 unspecified atom stereocenters. The fraction of sp³-hybridized carbons (Fsp3) is 0.833. The third kappa shape index (κ3) is 3.60. The van der Waals surface area contributed by atoms with E-state index in [1.807, 2.05) is 0 Å². The zero-order valence-electron chi connectivity index (χ0n) is 11.3. The van der Waals surface area contributed by atoms with Crippen LogP contribution in [-0.4, -0.2) is 47.0 Å². The van der Waals surface area contributed by atoms with Gasteiger partial charge >= 0.3 is 12.1 Å². The number of aliphatic hydroxyl groups excluding tert-OH is 1. The molecule has 0 spiro atoms. The molecule has 1 rings (SSSR count). The summed E-state index contributed by atoms with van der Waals surface area (Å²) in [5.74, 6) is -0.528. The highest BCUT2D eigenvalue weighted by Gasteiger charge is 2.40. The highest BCUT2D eigenvalue weighted by molar-refractivity contribution is 5.81. The van der Waals surface area contributed by atoms with Crippen molar-refractivity contribution < 1.29 is 24.2 Å². The van der Waals surface area contributed by atoms with Crippen LogP contribution in [0.15, 0.2) is 0 Å². The molecule has 2 atom stereocenters. The number of likely N-dealkylation sites (tertiary alicyclic amines) is 1. The first kappa shape index (κ1) is 14.8. The van der Waals surface area contributed by atoms with Gasteiger partial charge in [-0.15, -0.1) is 0 Å². The van der Waals surface area contributed by atoms with E-state index in [-0.39, 0.29) is 0 Å². The fourth-order valence-corrected chi connectivity index (χ4v) is 1.91. The molecule has 1 aliphatic heterocycles. The number of amides is 1. The Kier molecular flexibility index (Phi) is 4.56. The maximum Gasteiger partial charge on any atom is 0.413 e. The minimum absolute atomic E-state index is 0.437. The van der Waals surface area contributed by atoms with Crippen LogP contribution in [0.4, 0.5) is 4.79 Å². The smallest absolute Gasteiger partial charge is 0.413 e. The second kappa shape index (κ2) is 5.56. The summed E-state index contributed by atoms with van der Waals surface area (Å²) in [5.41, 5.74) is -0.672. The molecular weight excluding hydrogens is 238 g/mol. The number of carbonyl (C=O) groups excluding carboxylic acids is 2. The Morgan fingerprint density at radius 1 is 1.28 bits per heavy atom. The first-order valence-electron chi connectivity index (χ1n) is 6.03. The molecular formula is C12H21NO5. The number of rotatable bonds is 1. The monoisotopic (exact) mass is 259 g/mol. The molecule has 0 aliphatic carbocycles. The Balaban J connectivity index is 2.84. The van der Waals surface area contributed by atoms with Crippen molar-refractivity contribution in [3.05, 3.63) is 0 Å². The number of esters is 1. The molecule has 1 heterocycles. The summed E-state index contributed by atoms with van der Waals surface area (Å²) in [6.07, 6.45) is -0.113. The molecule has 0 bridgehead atoms. The number of hydrogen-bond donors (Lipinski definition) is 1. The predicted molar refractivity (Wildman–Crippen MR) is 63.7 cm³/mol. The van der Waals surface area contributed by atoms with Gasteiger partial charge in [0.05, 0.1) is 7.11 Å². The van der Waals surface area contributed by atoms with Crippen molar-refractivity contribution in [1.29, 1.82) is 0 Å². The summed E-state index contributed by atoms with van der Waals surface area (Å²) in [5, 5.41) is 9.87. The molecule has 1 saturated heterocycles. The summed E-state index contributed by atoms with van der Waals surface area (Å²) < 4.78 is 9.84. The zero-order valence-corrected chi connectivity index (χ0v) is 11.3. The van der Waals surface area contributed by atoms with Crippen molar-refractivity contribution in [2.75, 3.05) is 7.11 Å². The normalized spacial score (nSPS) is 24.6. The zero-order chi connectivity index (χ0) is 13.9. The molecule has 6 nitrogen and oxygen atoms in total. The van der Waals surface area contributed by atoms with Crippen molar-refractivity contribution in [2.45, 2.75) is 57.9 Å². The van der Waals surface area contributed by atoms with Gasteiger partial charge in [-0.2, -0.15) is 0 Å². The van der Waals surface area contributed by atoms with E-state index < -0.39 is 29.9 Å². The maximum absolute atomic E-state index is 12.0. The van der Waals surface area contributed by atoms with Crippen LogP contribution in [0.5, 0.6) is 0 Å². The summed E-state index contributed by atoms with van der Waals surface area (Å²) in [7, 11) is 1.26. The van der Waals surface area contributed by atoms with Gasteiger partial charge in [0, 0.05) is 0 Å². The van der Waals surface area contributed by atoms with Crippen LogP contribution in [0.3, 0.4) is 0 Å². The Morgan fingerprint density at radius 3 is 2.39 bits per heavy atom. The van der Waals surface area contributed by atoms with Gasteiger partial charge in [-0.1, -0.05) is 0 Å². The minimum atomic E-state index is -1.00. The van der Waals surface area contributed by atoms with E-state index in [2.05, 4.69) is 4.74 Å². The van der Waals surface area contributed by atoms with Crippen LogP contribution in [0.25, 0.3) is 0 Å². The van der Waals surface area contributed by atoms with Crippen LogP contribution in [0.1, 0.15) is 40.0 Å². The van der Waals surface area contributed by atoms with Crippen molar-refractivity contribution in [3.63, 3.8) is 0 Å².